The van der Waals surface area contributed by atoms with E-state index in [1.54, 1.807) is 14.2 Å². The van der Waals surface area contributed by atoms with Gasteiger partial charge in [-0.15, -0.1) is 0 Å². The largest absolute Gasteiger partial charge is 0.385 e. The van der Waals surface area contributed by atoms with Crippen molar-refractivity contribution in [2.24, 2.45) is 0 Å². The minimum atomic E-state index is -4.16. The van der Waals surface area contributed by atoms with Crippen LogP contribution in [0.1, 0.15) is 141 Å². The molecule has 0 spiro atoms. The molecule has 0 saturated carbocycles. The van der Waals surface area contributed by atoms with Crippen LogP contribution in [0, 0.1) is 0 Å². The van der Waals surface area contributed by atoms with E-state index in [9.17, 15) is 25.9 Å². The van der Waals surface area contributed by atoms with E-state index in [0.29, 0.717) is 12.8 Å². The van der Waals surface area contributed by atoms with Gasteiger partial charge in [0, 0.05) is 40.6 Å². The Morgan fingerprint density at radius 1 is 0.415 bits per heavy atom. The van der Waals surface area contributed by atoms with E-state index in [1.807, 2.05) is 0 Å². The monoisotopic (exact) mass is 630 g/mol. The van der Waals surface area contributed by atoms with Crippen molar-refractivity contribution in [3.63, 3.8) is 0 Å². The lowest BCUT2D eigenvalue weighted by Crippen LogP contribution is -2.24. The van der Waals surface area contributed by atoms with E-state index in [2.05, 4.69) is 0 Å². The Labute approximate surface area is 252 Å². The Hall–Kier alpha value is -0.300. The molecular weight excluding hydrogens is 568 g/mol. The molecule has 11 heteroatoms. The summed E-state index contributed by atoms with van der Waals surface area (Å²) in [5.74, 6) is 0. The molecular formula is C30H62O9S2. The molecule has 0 fully saturated rings. The first-order chi connectivity index (χ1) is 19.6. The van der Waals surface area contributed by atoms with Crippen molar-refractivity contribution in [3.05, 3.63) is 0 Å². The van der Waals surface area contributed by atoms with Crippen molar-refractivity contribution in [3.8, 4) is 0 Å². The van der Waals surface area contributed by atoms with E-state index >= 15 is 0 Å². The van der Waals surface area contributed by atoms with Gasteiger partial charge >= 0.3 is 0 Å². The molecule has 0 aliphatic heterocycles. The summed E-state index contributed by atoms with van der Waals surface area (Å²) in [6.45, 7) is 1.89. The highest BCUT2D eigenvalue weighted by Crippen LogP contribution is 2.19. The molecule has 0 saturated heterocycles. The maximum Gasteiger partial charge on any atom is 0.267 e. The first-order valence-electron chi connectivity index (χ1n) is 16.1. The zero-order valence-electron chi connectivity index (χ0n) is 26.1. The van der Waals surface area contributed by atoms with Crippen molar-refractivity contribution in [2.45, 2.75) is 152 Å². The van der Waals surface area contributed by atoms with Gasteiger partial charge in [-0.25, -0.2) is 0 Å². The molecule has 0 aromatic heterocycles. The van der Waals surface area contributed by atoms with Crippen LogP contribution in [0.5, 0.6) is 0 Å². The van der Waals surface area contributed by atoms with Crippen LogP contribution >= 0.6 is 0 Å². The minimum Gasteiger partial charge on any atom is -0.385 e. The second kappa shape index (κ2) is 27.3. The highest BCUT2D eigenvalue weighted by molar-refractivity contribution is 7.86. The molecule has 0 aliphatic rings. The van der Waals surface area contributed by atoms with E-state index < -0.39 is 30.7 Å². The third-order valence-electron chi connectivity index (χ3n) is 7.76. The number of hydrogen-bond donors (Lipinski definition) is 2. The van der Waals surface area contributed by atoms with Crippen molar-refractivity contribution in [1.82, 2.24) is 0 Å². The summed E-state index contributed by atoms with van der Waals surface area (Å²) in [6.07, 6.45) is 20.7. The molecule has 0 radical (unpaired) electrons. The predicted octanol–water partition coefficient (Wildman–Crippen LogP) is 7.39. The maximum absolute atomic E-state index is 11.8. The second-order valence-electron chi connectivity index (χ2n) is 11.4. The third kappa shape index (κ3) is 27.0. The number of unbranched alkanes of at least 4 members (excludes halogenated alkanes) is 16. The smallest absolute Gasteiger partial charge is 0.267 e. The summed E-state index contributed by atoms with van der Waals surface area (Å²) in [6, 6.07) is 0. The zero-order valence-corrected chi connectivity index (χ0v) is 27.7. The van der Waals surface area contributed by atoms with Crippen molar-refractivity contribution in [1.29, 1.82) is 0 Å². The standard InChI is InChI=1S/C30H62O9S2/c1-37-25-19-15-11-7-3-5-9-13-17-21-29(40(31,32)33)23-27-39-28-24-30(41(34,35)36)22-18-14-10-6-4-8-12-16-20-26-38-2/h29-30H,3-28H2,1-2H3,(H,31,32,33)(H,34,35,36). The molecule has 41 heavy (non-hydrogen) atoms. The summed E-state index contributed by atoms with van der Waals surface area (Å²) in [4.78, 5) is 0. The van der Waals surface area contributed by atoms with Gasteiger partial charge in [0.15, 0.2) is 0 Å². The molecule has 2 N–H and O–H groups in total. The van der Waals surface area contributed by atoms with Crippen LogP contribution in [0.25, 0.3) is 0 Å². The summed E-state index contributed by atoms with van der Waals surface area (Å²) < 4.78 is 82.1. The summed E-state index contributed by atoms with van der Waals surface area (Å²) in [5.41, 5.74) is 0. The molecule has 0 aromatic carbocycles. The Morgan fingerprint density at radius 3 is 0.951 bits per heavy atom. The molecule has 0 aromatic rings. The summed E-state index contributed by atoms with van der Waals surface area (Å²) >= 11 is 0. The van der Waals surface area contributed by atoms with Gasteiger partial charge in [-0.2, -0.15) is 16.8 Å². The molecule has 0 heterocycles. The van der Waals surface area contributed by atoms with Gasteiger partial charge in [0.1, 0.15) is 0 Å². The molecule has 0 bridgehead atoms. The lowest BCUT2D eigenvalue weighted by atomic mass is 10.0. The van der Waals surface area contributed by atoms with Crippen LogP contribution in [-0.2, 0) is 34.4 Å². The maximum atomic E-state index is 11.8. The average molecular weight is 631 g/mol. The number of ether oxygens (including phenoxy) is 3. The van der Waals surface area contributed by atoms with Gasteiger partial charge in [-0.3, -0.25) is 9.11 Å². The van der Waals surface area contributed by atoms with Gasteiger partial charge in [-0.05, 0) is 38.5 Å². The van der Waals surface area contributed by atoms with Gasteiger partial charge in [0.2, 0.25) is 0 Å². The highest BCUT2D eigenvalue weighted by Gasteiger charge is 2.24. The summed E-state index contributed by atoms with van der Waals surface area (Å²) in [7, 11) is -4.88. The van der Waals surface area contributed by atoms with Crippen LogP contribution in [0.15, 0.2) is 0 Å². The number of rotatable bonds is 32. The third-order valence-corrected chi connectivity index (χ3v) is 10.4. The minimum absolute atomic E-state index is 0.122. The van der Waals surface area contributed by atoms with E-state index in [0.717, 1.165) is 77.4 Å². The molecule has 2 atom stereocenters. The van der Waals surface area contributed by atoms with Crippen molar-refractivity contribution >= 4 is 20.2 Å². The Bertz CT molecular complexity index is 709. The lowest BCUT2D eigenvalue weighted by molar-refractivity contribution is 0.125. The quantitative estimate of drug-likeness (QED) is 0.0576. The number of methoxy groups -OCH3 is 2. The van der Waals surface area contributed by atoms with Crippen LogP contribution in [0.2, 0.25) is 0 Å². The molecule has 0 amide bonds. The average Bonchev–Trinajstić information content (AvgIpc) is 2.90. The first-order valence-corrected chi connectivity index (χ1v) is 19.1. The van der Waals surface area contributed by atoms with Crippen LogP contribution in [0.3, 0.4) is 0 Å². The van der Waals surface area contributed by atoms with Crippen LogP contribution < -0.4 is 0 Å². The fraction of sp³-hybridized carbons (Fsp3) is 1.00. The van der Waals surface area contributed by atoms with E-state index in [4.69, 9.17) is 14.2 Å². The molecule has 0 rings (SSSR count). The van der Waals surface area contributed by atoms with Crippen LogP contribution in [-0.4, -0.2) is 77.1 Å². The Kier molecular flexibility index (Phi) is 27.1. The van der Waals surface area contributed by atoms with Crippen LogP contribution in [0.4, 0.5) is 0 Å². The predicted molar refractivity (Wildman–Crippen MR) is 167 cm³/mol. The van der Waals surface area contributed by atoms with E-state index in [1.165, 1.54) is 51.4 Å². The molecule has 248 valence electrons. The van der Waals surface area contributed by atoms with Crippen molar-refractivity contribution in [2.75, 3.05) is 40.6 Å². The fourth-order valence-corrected chi connectivity index (χ4v) is 6.84. The zero-order chi connectivity index (χ0) is 30.7. The molecule has 9 nitrogen and oxygen atoms in total. The molecule has 0 aliphatic carbocycles. The van der Waals surface area contributed by atoms with Gasteiger partial charge in [0.05, 0.1) is 10.5 Å². The Balaban J connectivity index is 4.02. The van der Waals surface area contributed by atoms with E-state index in [-0.39, 0.29) is 26.1 Å². The summed E-state index contributed by atoms with van der Waals surface area (Å²) in [5, 5.41) is -1.74. The Morgan fingerprint density at radius 2 is 0.683 bits per heavy atom. The SMILES string of the molecule is COCCCCCCCCCCCC(CCOCCC(CCCCCCCCCCCOC)S(=O)(=O)O)S(=O)(=O)O. The highest BCUT2D eigenvalue weighted by atomic mass is 32.2. The fourth-order valence-electron chi connectivity index (χ4n) is 5.13. The normalized spacial score (nSPS) is 14.0. The number of hydrogen-bond acceptors (Lipinski definition) is 7. The van der Waals surface area contributed by atoms with Gasteiger partial charge in [0.25, 0.3) is 20.2 Å². The first kappa shape index (κ1) is 40.7. The van der Waals surface area contributed by atoms with Gasteiger partial charge in [-0.1, -0.05) is 103 Å². The van der Waals surface area contributed by atoms with Crippen molar-refractivity contribution < 1.29 is 40.2 Å². The molecule has 2 unspecified atom stereocenters. The van der Waals surface area contributed by atoms with Gasteiger partial charge < -0.3 is 14.2 Å². The lowest BCUT2D eigenvalue weighted by Gasteiger charge is -2.16. The second-order valence-corrected chi connectivity index (χ2v) is 14.8. The topological polar surface area (TPSA) is 136 Å².